The molecule has 0 aromatic carbocycles. The standard InChI is InChI=1S/C14H24N2O3/c1-5-12(17)15-7-6-13(18)16-10-8-11(9-10)19-14(2,3)4/h5,10-11H,1,6-9H2,2-4H3,(H,15,17)(H,16,18). The highest BCUT2D eigenvalue weighted by Crippen LogP contribution is 2.27. The van der Waals surface area contributed by atoms with Crippen LogP contribution in [0.25, 0.3) is 0 Å². The predicted octanol–water partition coefficient (Wildman–Crippen LogP) is 1.14. The van der Waals surface area contributed by atoms with Gasteiger partial charge in [0.2, 0.25) is 11.8 Å². The van der Waals surface area contributed by atoms with E-state index in [0.717, 1.165) is 12.8 Å². The lowest BCUT2D eigenvalue weighted by Crippen LogP contribution is -2.50. The van der Waals surface area contributed by atoms with E-state index < -0.39 is 0 Å². The van der Waals surface area contributed by atoms with Gasteiger partial charge in [-0.2, -0.15) is 0 Å². The Morgan fingerprint density at radius 2 is 2.00 bits per heavy atom. The van der Waals surface area contributed by atoms with E-state index in [1.165, 1.54) is 6.08 Å². The monoisotopic (exact) mass is 268 g/mol. The molecule has 2 N–H and O–H groups in total. The Balaban J connectivity index is 2.09. The van der Waals surface area contributed by atoms with Crippen molar-refractivity contribution in [1.82, 2.24) is 10.6 Å². The highest BCUT2D eigenvalue weighted by molar-refractivity contribution is 5.87. The molecular weight excluding hydrogens is 244 g/mol. The Kier molecular flexibility index (Phi) is 5.54. The van der Waals surface area contributed by atoms with Gasteiger partial charge in [0.15, 0.2) is 0 Å². The van der Waals surface area contributed by atoms with Gasteiger partial charge in [-0.25, -0.2) is 0 Å². The van der Waals surface area contributed by atoms with E-state index >= 15 is 0 Å². The molecule has 1 rings (SSSR count). The maximum Gasteiger partial charge on any atom is 0.243 e. The average molecular weight is 268 g/mol. The molecule has 0 spiro atoms. The summed E-state index contributed by atoms with van der Waals surface area (Å²) in [6, 6.07) is 0.204. The lowest BCUT2D eigenvalue weighted by molar-refractivity contribution is -0.127. The van der Waals surface area contributed by atoms with Gasteiger partial charge in [0, 0.05) is 19.0 Å². The van der Waals surface area contributed by atoms with Crippen LogP contribution in [0.3, 0.4) is 0 Å². The van der Waals surface area contributed by atoms with E-state index in [1.807, 2.05) is 20.8 Å². The second-order valence-corrected chi connectivity index (χ2v) is 5.83. The van der Waals surface area contributed by atoms with Crippen molar-refractivity contribution in [2.75, 3.05) is 6.54 Å². The summed E-state index contributed by atoms with van der Waals surface area (Å²) < 4.78 is 5.79. The summed E-state index contributed by atoms with van der Waals surface area (Å²) in [5.41, 5.74) is -0.130. The Bertz CT molecular complexity index is 341. The molecule has 5 heteroatoms. The first kappa shape index (κ1) is 15.7. The molecule has 1 saturated carbocycles. The molecule has 0 atom stereocenters. The van der Waals surface area contributed by atoms with Gasteiger partial charge >= 0.3 is 0 Å². The Labute approximate surface area is 114 Å². The van der Waals surface area contributed by atoms with Gasteiger partial charge in [-0.05, 0) is 39.7 Å². The van der Waals surface area contributed by atoms with Crippen molar-refractivity contribution >= 4 is 11.8 Å². The van der Waals surface area contributed by atoms with E-state index in [0.29, 0.717) is 13.0 Å². The van der Waals surface area contributed by atoms with Crippen LogP contribution in [0.2, 0.25) is 0 Å². The molecule has 1 aliphatic rings. The van der Waals surface area contributed by atoms with Crippen LogP contribution in [-0.2, 0) is 14.3 Å². The second kappa shape index (κ2) is 6.70. The lowest BCUT2D eigenvalue weighted by atomic mass is 9.88. The van der Waals surface area contributed by atoms with E-state index in [2.05, 4.69) is 17.2 Å². The number of carbonyl (C=O) groups is 2. The predicted molar refractivity (Wildman–Crippen MR) is 73.6 cm³/mol. The number of rotatable bonds is 6. The van der Waals surface area contributed by atoms with Crippen LogP contribution >= 0.6 is 0 Å². The molecule has 0 radical (unpaired) electrons. The molecule has 0 aromatic rings. The third kappa shape index (κ3) is 6.38. The molecule has 108 valence electrons. The SMILES string of the molecule is C=CC(=O)NCCC(=O)NC1CC(OC(C)(C)C)C1. The van der Waals surface area contributed by atoms with Crippen LogP contribution in [0.4, 0.5) is 0 Å². The fourth-order valence-electron chi connectivity index (χ4n) is 1.95. The smallest absolute Gasteiger partial charge is 0.243 e. The van der Waals surface area contributed by atoms with Crippen LogP contribution < -0.4 is 10.6 Å². The zero-order chi connectivity index (χ0) is 14.5. The van der Waals surface area contributed by atoms with Gasteiger partial charge in [-0.1, -0.05) is 6.58 Å². The number of hydrogen-bond donors (Lipinski definition) is 2. The quantitative estimate of drug-likeness (QED) is 0.710. The molecule has 0 unspecified atom stereocenters. The first-order valence-corrected chi connectivity index (χ1v) is 6.67. The average Bonchev–Trinajstić information content (AvgIpc) is 2.24. The van der Waals surface area contributed by atoms with Crippen molar-refractivity contribution < 1.29 is 14.3 Å². The van der Waals surface area contributed by atoms with E-state index in [9.17, 15) is 9.59 Å². The van der Waals surface area contributed by atoms with Crippen molar-refractivity contribution in [1.29, 1.82) is 0 Å². The Hall–Kier alpha value is -1.36. The largest absolute Gasteiger partial charge is 0.372 e. The first-order valence-electron chi connectivity index (χ1n) is 6.67. The second-order valence-electron chi connectivity index (χ2n) is 5.83. The fourth-order valence-corrected chi connectivity index (χ4v) is 1.95. The highest BCUT2D eigenvalue weighted by Gasteiger charge is 2.33. The van der Waals surface area contributed by atoms with Gasteiger partial charge in [0.05, 0.1) is 11.7 Å². The van der Waals surface area contributed by atoms with Gasteiger partial charge in [-0.3, -0.25) is 9.59 Å². The number of amides is 2. The minimum absolute atomic E-state index is 0.0384. The lowest BCUT2D eigenvalue weighted by Gasteiger charge is -2.39. The molecule has 0 aromatic heterocycles. The number of nitrogens with one attached hydrogen (secondary N) is 2. The van der Waals surface area contributed by atoms with Crippen molar-refractivity contribution in [3.8, 4) is 0 Å². The molecule has 5 nitrogen and oxygen atoms in total. The number of ether oxygens (including phenoxy) is 1. The summed E-state index contributed by atoms with van der Waals surface area (Å²) in [5, 5.41) is 5.50. The minimum atomic E-state index is -0.255. The molecule has 0 heterocycles. The van der Waals surface area contributed by atoms with Gasteiger partial charge in [0.25, 0.3) is 0 Å². The number of hydrogen-bond acceptors (Lipinski definition) is 3. The maximum atomic E-state index is 11.6. The summed E-state index contributed by atoms with van der Waals surface area (Å²) in [4.78, 5) is 22.5. The molecule has 1 aliphatic carbocycles. The fraction of sp³-hybridized carbons (Fsp3) is 0.714. The van der Waals surface area contributed by atoms with Crippen molar-refractivity contribution in [3.05, 3.63) is 12.7 Å². The molecule has 0 bridgehead atoms. The Morgan fingerprint density at radius 3 is 2.53 bits per heavy atom. The summed E-state index contributed by atoms with van der Waals surface area (Å²) in [5.74, 6) is -0.293. The zero-order valence-electron chi connectivity index (χ0n) is 12.0. The first-order chi connectivity index (χ1) is 8.80. The van der Waals surface area contributed by atoms with Crippen LogP contribution in [-0.4, -0.2) is 36.1 Å². The summed E-state index contributed by atoms with van der Waals surface area (Å²) in [6.45, 7) is 9.77. The van der Waals surface area contributed by atoms with Crippen LogP contribution in [0.15, 0.2) is 12.7 Å². The normalized spacial score (nSPS) is 22.3. The van der Waals surface area contributed by atoms with Crippen LogP contribution in [0.1, 0.15) is 40.0 Å². The van der Waals surface area contributed by atoms with Crippen LogP contribution in [0, 0.1) is 0 Å². The van der Waals surface area contributed by atoms with Gasteiger partial charge in [-0.15, -0.1) is 0 Å². The third-order valence-corrected chi connectivity index (χ3v) is 2.82. The third-order valence-electron chi connectivity index (χ3n) is 2.82. The van der Waals surface area contributed by atoms with Crippen molar-refractivity contribution in [2.24, 2.45) is 0 Å². The van der Waals surface area contributed by atoms with E-state index in [-0.39, 0.29) is 29.6 Å². The van der Waals surface area contributed by atoms with Crippen molar-refractivity contribution in [3.63, 3.8) is 0 Å². The Morgan fingerprint density at radius 1 is 1.37 bits per heavy atom. The molecule has 0 saturated heterocycles. The topological polar surface area (TPSA) is 67.4 Å². The molecule has 19 heavy (non-hydrogen) atoms. The molecular formula is C14H24N2O3. The highest BCUT2D eigenvalue weighted by atomic mass is 16.5. The summed E-state index contributed by atoms with van der Waals surface area (Å²) in [6.07, 6.45) is 3.45. The summed E-state index contributed by atoms with van der Waals surface area (Å²) in [7, 11) is 0. The zero-order valence-corrected chi connectivity index (χ0v) is 12.0. The van der Waals surface area contributed by atoms with Crippen LogP contribution in [0.5, 0.6) is 0 Å². The van der Waals surface area contributed by atoms with Crippen molar-refractivity contribution in [2.45, 2.75) is 57.8 Å². The maximum absolute atomic E-state index is 11.6. The van der Waals surface area contributed by atoms with E-state index in [1.54, 1.807) is 0 Å². The molecule has 1 fully saturated rings. The molecule has 2 amide bonds. The van der Waals surface area contributed by atoms with Gasteiger partial charge in [0.1, 0.15) is 0 Å². The summed E-state index contributed by atoms with van der Waals surface area (Å²) >= 11 is 0. The molecule has 0 aliphatic heterocycles. The van der Waals surface area contributed by atoms with Gasteiger partial charge < -0.3 is 15.4 Å². The number of carbonyl (C=O) groups excluding carboxylic acids is 2. The van der Waals surface area contributed by atoms with E-state index in [4.69, 9.17) is 4.74 Å². The minimum Gasteiger partial charge on any atom is -0.372 e.